The van der Waals surface area contributed by atoms with E-state index < -0.39 is 0 Å². The molecule has 0 amide bonds. The number of allylic oxidation sites excluding steroid dienone is 2. The standard InChI is InChI=1S/C27H35N5O2/c28-13-19-2-1-3-20(10-19)21-11-24-25(15-32-16-27(24)32)26(12-21)30-22-4-7-31(8-5-22)18-33-17-23-14-29-6-9-34-23/h1-3,10-12,22-25,27,29-30H,4-9,14-18H2/t23?,24?,25?,27?,32-/m1/s1. The van der Waals surface area contributed by atoms with E-state index in [9.17, 15) is 5.26 Å². The van der Waals surface area contributed by atoms with Crippen LogP contribution in [0.2, 0.25) is 0 Å². The van der Waals surface area contributed by atoms with Gasteiger partial charge in [-0.25, -0.2) is 0 Å². The minimum atomic E-state index is 0.184. The maximum absolute atomic E-state index is 9.34. The van der Waals surface area contributed by atoms with Gasteiger partial charge in [-0.15, -0.1) is 0 Å². The number of hydrogen-bond acceptors (Lipinski definition) is 7. The van der Waals surface area contributed by atoms with Crippen LogP contribution in [0, 0.1) is 23.2 Å². The Balaban J connectivity index is 1.06. The molecule has 4 fully saturated rings. The molecular formula is C27H35N5O2. The highest BCUT2D eigenvalue weighted by atomic mass is 16.5. The quantitative estimate of drug-likeness (QED) is 0.600. The molecule has 6 rings (SSSR count). The highest BCUT2D eigenvalue weighted by molar-refractivity contribution is 5.77. The van der Waals surface area contributed by atoms with Gasteiger partial charge < -0.3 is 20.1 Å². The molecule has 7 nitrogen and oxygen atoms in total. The molecule has 180 valence electrons. The van der Waals surface area contributed by atoms with E-state index in [1.165, 1.54) is 24.4 Å². The largest absolute Gasteiger partial charge is 0.385 e. The lowest BCUT2D eigenvalue weighted by molar-refractivity contribution is -0.0613. The van der Waals surface area contributed by atoms with E-state index in [0.29, 0.717) is 37.3 Å². The van der Waals surface area contributed by atoms with Gasteiger partial charge in [0.05, 0.1) is 37.7 Å². The lowest BCUT2D eigenvalue weighted by Gasteiger charge is -2.36. The summed E-state index contributed by atoms with van der Waals surface area (Å²) in [7, 11) is 0. The van der Waals surface area contributed by atoms with E-state index >= 15 is 0 Å². The summed E-state index contributed by atoms with van der Waals surface area (Å²) in [6.07, 6.45) is 7.28. The first kappa shape index (κ1) is 22.3. The molecule has 0 radical (unpaired) electrons. The highest BCUT2D eigenvalue weighted by Crippen LogP contribution is 2.47. The number of rotatable bonds is 7. The smallest absolute Gasteiger partial charge is 0.0991 e. The van der Waals surface area contributed by atoms with Crippen molar-refractivity contribution < 1.29 is 9.47 Å². The second-order valence-electron chi connectivity index (χ2n) is 10.4. The number of benzene rings is 1. The van der Waals surface area contributed by atoms with Crippen LogP contribution in [0.3, 0.4) is 0 Å². The Morgan fingerprint density at radius 3 is 2.97 bits per heavy atom. The number of piperidine rings is 2. The van der Waals surface area contributed by atoms with Crippen molar-refractivity contribution in [3.63, 3.8) is 0 Å². The van der Waals surface area contributed by atoms with E-state index in [1.807, 2.05) is 18.2 Å². The fourth-order valence-electron chi connectivity index (χ4n) is 6.05. The molecule has 1 aromatic rings. The third kappa shape index (κ3) is 4.79. The SMILES string of the molecule is N#Cc1cccc(C2=CC3C(C[N@]4CC34)C(NC3CCN(COCC4CNCCO4)CC3)=C2)c1. The van der Waals surface area contributed by atoms with Gasteiger partial charge in [0.1, 0.15) is 0 Å². The summed E-state index contributed by atoms with van der Waals surface area (Å²) in [5.41, 5.74) is 4.54. The summed E-state index contributed by atoms with van der Waals surface area (Å²) in [6, 6.07) is 11.5. The van der Waals surface area contributed by atoms with E-state index in [2.05, 4.69) is 44.7 Å². The van der Waals surface area contributed by atoms with Gasteiger partial charge in [-0.2, -0.15) is 5.26 Å². The Kier molecular flexibility index (Phi) is 6.42. The Labute approximate surface area is 202 Å². The first-order chi connectivity index (χ1) is 16.8. The normalized spacial score (nSPS) is 33.3. The van der Waals surface area contributed by atoms with Gasteiger partial charge in [0.15, 0.2) is 0 Å². The van der Waals surface area contributed by atoms with Gasteiger partial charge in [0.2, 0.25) is 0 Å². The summed E-state index contributed by atoms with van der Waals surface area (Å²) < 4.78 is 11.7. The van der Waals surface area contributed by atoms with Gasteiger partial charge >= 0.3 is 0 Å². The van der Waals surface area contributed by atoms with Crippen molar-refractivity contribution in [1.82, 2.24) is 20.4 Å². The van der Waals surface area contributed by atoms with Crippen molar-refractivity contribution in [3.8, 4) is 6.07 Å². The zero-order chi connectivity index (χ0) is 22.9. The second kappa shape index (κ2) is 9.80. The maximum atomic E-state index is 9.34. The van der Waals surface area contributed by atoms with E-state index in [4.69, 9.17) is 9.47 Å². The Bertz CT molecular complexity index is 987. The van der Waals surface area contributed by atoms with E-state index in [-0.39, 0.29) is 6.10 Å². The monoisotopic (exact) mass is 461 g/mol. The Morgan fingerprint density at radius 2 is 2.15 bits per heavy atom. The van der Waals surface area contributed by atoms with Crippen LogP contribution in [-0.2, 0) is 9.47 Å². The predicted octanol–water partition coefficient (Wildman–Crippen LogP) is 1.79. The zero-order valence-corrected chi connectivity index (χ0v) is 19.8. The van der Waals surface area contributed by atoms with Gasteiger partial charge in [0, 0.05) is 68.9 Å². The molecule has 4 saturated heterocycles. The van der Waals surface area contributed by atoms with Crippen LogP contribution in [0.1, 0.15) is 24.0 Å². The first-order valence-corrected chi connectivity index (χ1v) is 12.8. The molecule has 4 heterocycles. The second-order valence-corrected chi connectivity index (χ2v) is 10.4. The summed E-state index contributed by atoms with van der Waals surface area (Å²) in [4.78, 5) is 5.02. The van der Waals surface area contributed by atoms with Crippen LogP contribution in [-0.4, -0.2) is 87.2 Å². The van der Waals surface area contributed by atoms with Crippen LogP contribution < -0.4 is 10.6 Å². The number of hydrogen-bond donors (Lipinski definition) is 2. The van der Waals surface area contributed by atoms with Crippen LogP contribution in [0.15, 0.2) is 42.1 Å². The predicted molar refractivity (Wildman–Crippen MR) is 131 cm³/mol. The van der Waals surface area contributed by atoms with Gasteiger partial charge in [-0.1, -0.05) is 18.2 Å². The topological polar surface area (TPSA) is 72.6 Å². The summed E-state index contributed by atoms with van der Waals surface area (Å²) in [6.45, 7) is 8.49. The lowest BCUT2D eigenvalue weighted by Crippen LogP contribution is -2.45. The number of fused-ring (bicyclic) bond motifs is 3. The van der Waals surface area contributed by atoms with Crippen LogP contribution >= 0.6 is 0 Å². The van der Waals surface area contributed by atoms with Crippen LogP contribution in [0.5, 0.6) is 0 Å². The van der Waals surface area contributed by atoms with Crippen molar-refractivity contribution in [3.05, 3.63) is 53.2 Å². The number of likely N-dealkylation sites (tertiary alicyclic amines) is 1. The summed E-state index contributed by atoms with van der Waals surface area (Å²) >= 11 is 0. The molecule has 2 N–H and O–H groups in total. The highest BCUT2D eigenvalue weighted by Gasteiger charge is 2.52. The third-order valence-electron chi connectivity index (χ3n) is 8.04. The first-order valence-electron chi connectivity index (χ1n) is 12.8. The fraction of sp³-hybridized carbons (Fsp3) is 0.593. The van der Waals surface area contributed by atoms with Crippen LogP contribution in [0.4, 0.5) is 0 Å². The van der Waals surface area contributed by atoms with Crippen molar-refractivity contribution in [2.24, 2.45) is 11.8 Å². The van der Waals surface area contributed by atoms with Gasteiger partial charge in [0.25, 0.3) is 0 Å². The van der Waals surface area contributed by atoms with Crippen LogP contribution in [0.25, 0.3) is 5.57 Å². The average Bonchev–Trinajstić information content (AvgIpc) is 3.57. The molecule has 0 spiro atoms. The summed E-state index contributed by atoms with van der Waals surface area (Å²) in [5.74, 6) is 1.16. The summed E-state index contributed by atoms with van der Waals surface area (Å²) in [5, 5.41) is 16.7. The molecule has 0 aromatic heterocycles. The molecule has 5 atom stereocenters. The zero-order valence-electron chi connectivity index (χ0n) is 19.8. The number of ether oxygens (including phenoxy) is 2. The van der Waals surface area contributed by atoms with Crippen molar-refractivity contribution in [1.29, 1.82) is 5.26 Å². The number of morpholine rings is 1. The molecule has 4 unspecified atom stereocenters. The molecular weight excluding hydrogens is 426 g/mol. The van der Waals surface area contributed by atoms with Crippen molar-refractivity contribution in [2.45, 2.75) is 31.0 Å². The molecule has 0 bridgehead atoms. The number of nitrogens with zero attached hydrogens (tertiary/aromatic N) is 3. The number of nitrogens with one attached hydrogen (secondary N) is 2. The third-order valence-corrected chi connectivity index (χ3v) is 8.04. The van der Waals surface area contributed by atoms with E-state index in [1.54, 1.807) is 0 Å². The molecule has 7 heteroatoms. The minimum absolute atomic E-state index is 0.184. The van der Waals surface area contributed by atoms with E-state index in [0.717, 1.165) is 56.8 Å². The van der Waals surface area contributed by atoms with Gasteiger partial charge in [-0.05, 0) is 42.2 Å². The fourth-order valence-corrected chi connectivity index (χ4v) is 6.05. The molecule has 34 heavy (non-hydrogen) atoms. The molecule has 1 aliphatic carbocycles. The molecule has 5 aliphatic rings. The van der Waals surface area contributed by atoms with Gasteiger partial charge in [-0.3, -0.25) is 9.80 Å². The molecule has 1 aromatic carbocycles. The maximum Gasteiger partial charge on any atom is 0.0991 e. The lowest BCUT2D eigenvalue weighted by atomic mass is 9.80. The number of nitriles is 1. The Hall–Kier alpha value is -2.21. The van der Waals surface area contributed by atoms with Crippen molar-refractivity contribution >= 4 is 5.57 Å². The van der Waals surface area contributed by atoms with Crippen molar-refractivity contribution in [2.75, 3.05) is 59.2 Å². The molecule has 4 aliphatic heterocycles. The Morgan fingerprint density at radius 1 is 1.24 bits per heavy atom. The average molecular weight is 462 g/mol. The molecule has 0 saturated carbocycles. The minimum Gasteiger partial charge on any atom is -0.385 e.